The number of nitrogens with one attached hydrogen (secondary N) is 1. The lowest BCUT2D eigenvalue weighted by Crippen LogP contribution is -2.28. The maximum atomic E-state index is 5.26. The van der Waals surface area contributed by atoms with E-state index in [0.29, 0.717) is 0 Å². The number of anilines is 1. The number of hydrogen-bond donors (Lipinski definition) is 1. The molecule has 0 amide bonds. The Labute approximate surface area is 141 Å². The standard InChI is InChI=1S/C19H20N4O/c1-13-4-3-5-15(10-13)18-11-17(22-19-20-12-21-23(18)19)14-6-8-16(24-2)9-7-14/h3-10,12,17-18H,11H2,1-2H3,(H,20,21,22)/t17-,18+/m0/s1. The van der Waals surface area contributed by atoms with Gasteiger partial charge in [0, 0.05) is 0 Å². The first kappa shape index (κ1) is 14.8. The van der Waals surface area contributed by atoms with Crippen molar-refractivity contribution >= 4 is 5.95 Å². The molecule has 5 nitrogen and oxygen atoms in total. The van der Waals surface area contributed by atoms with Crippen LogP contribution in [0.25, 0.3) is 0 Å². The van der Waals surface area contributed by atoms with Gasteiger partial charge in [0.05, 0.1) is 19.2 Å². The molecule has 3 aromatic rings. The van der Waals surface area contributed by atoms with E-state index in [-0.39, 0.29) is 12.1 Å². The van der Waals surface area contributed by atoms with Crippen molar-refractivity contribution in [3.63, 3.8) is 0 Å². The van der Waals surface area contributed by atoms with Crippen LogP contribution in [0.5, 0.6) is 5.75 Å². The first-order valence-electron chi connectivity index (χ1n) is 8.11. The van der Waals surface area contributed by atoms with Gasteiger partial charge < -0.3 is 10.1 Å². The predicted molar refractivity (Wildman–Crippen MR) is 93.3 cm³/mol. The number of hydrogen-bond acceptors (Lipinski definition) is 4. The summed E-state index contributed by atoms with van der Waals surface area (Å²) in [5.74, 6) is 1.68. The van der Waals surface area contributed by atoms with Gasteiger partial charge in [-0.2, -0.15) is 10.1 Å². The van der Waals surface area contributed by atoms with Crippen LogP contribution in [0.1, 0.15) is 35.2 Å². The van der Waals surface area contributed by atoms with Crippen LogP contribution in [0.15, 0.2) is 54.9 Å². The maximum absolute atomic E-state index is 5.26. The van der Waals surface area contributed by atoms with Gasteiger partial charge in [0.1, 0.15) is 12.1 Å². The van der Waals surface area contributed by atoms with E-state index in [1.807, 2.05) is 16.8 Å². The molecule has 0 saturated carbocycles. The smallest absolute Gasteiger partial charge is 0.222 e. The second-order valence-electron chi connectivity index (χ2n) is 6.16. The van der Waals surface area contributed by atoms with Gasteiger partial charge in [-0.05, 0) is 36.6 Å². The fourth-order valence-corrected chi connectivity index (χ4v) is 3.33. The molecule has 5 heteroatoms. The minimum Gasteiger partial charge on any atom is -0.497 e. The predicted octanol–water partition coefficient (Wildman–Crippen LogP) is 3.74. The van der Waals surface area contributed by atoms with Crippen LogP contribution < -0.4 is 10.1 Å². The second-order valence-corrected chi connectivity index (χ2v) is 6.16. The second kappa shape index (κ2) is 6.00. The zero-order valence-electron chi connectivity index (χ0n) is 13.8. The number of ether oxygens (including phenoxy) is 1. The number of methoxy groups -OCH3 is 1. The van der Waals surface area contributed by atoms with E-state index in [1.54, 1.807) is 13.4 Å². The maximum Gasteiger partial charge on any atom is 0.222 e. The monoisotopic (exact) mass is 320 g/mol. The van der Waals surface area contributed by atoms with E-state index in [4.69, 9.17) is 4.74 Å². The third-order valence-corrected chi connectivity index (χ3v) is 4.58. The van der Waals surface area contributed by atoms with E-state index in [1.165, 1.54) is 16.7 Å². The van der Waals surface area contributed by atoms with Gasteiger partial charge in [-0.15, -0.1) is 0 Å². The molecular weight excluding hydrogens is 300 g/mol. The molecule has 1 aliphatic heterocycles. The number of aryl methyl sites for hydroxylation is 1. The van der Waals surface area contributed by atoms with Gasteiger partial charge in [-0.3, -0.25) is 0 Å². The number of nitrogens with zero attached hydrogens (tertiary/aromatic N) is 3. The van der Waals surface area contributed by atoms with Crippen molar-refractivity contribution in [2.45, 2.75) is 25.4 Å². The molecule has 24 heavy (non-hydrogen) atoms. The van der Waals surface area contributed by atoms with Crippen LogP contribution in [-0.2, 0) is 0 Å². The molecule has 0 unspecified atom stereocenters. The first-order chi connectivity index (χ1) is 11.7. The topological polar surface area (TPSA) is 52.0 Å². The highest BCUT2D eigenvalue weighted by Gasteiger charge is 2.29. The molecule has 1 N–H and O–H groups in total. The zero-order chi connectivity index (χ0) is 16.5. The van der Waals surface area contributed by atoms with E-state index < -0.39 is 0 Å². The Morgan fingerprint density at radius 1 is 1.12 bits per heavy atom. The van der Waals surface area contributed by atoms with Gasteiger partial charge in [0.25, 0.3) is 0 Å². The third-order valence-electron chi connectivity index (χ3n) is 4.58. The summed E-state index contributed by atoms with van der Waals surface area (Å²) in [6, 6.07) is 17.2. The van der Waals surface area contributed by atoms with Crippen LogP contribution in [0, 0.1) is 6.92 Å². The van der Waals surface area contributed by atoms with Gasteiger partial charge in [0.15, 0.2) is 0 Å². The molecule has 4 rings (SSSR count). The quantitative estimate of drug-likeness (QED) is 0.799. The van der Waals surface area contributed by atoms with Crippen molar-refractivity contribution in [2.75, 3.05) is 12.4 Å². The lowest BCUT2D eigenvalue weighted by molar-refractivity contribution is 0.413. The lowest BCUT2D eigenvalue weighted by atomic mass is 9.92. The minimum absolute atomic E-state index is 0.177. The van der Waals surface area contributed by atoms with Crippen molar-refractivity contribution in [1.29, 1.82) is 0 Å². The van der Waals surface area contributed by atoms with E-state index in [2.05, 4.69) is 58.7 Å². The molecule has 122 valence electrons. The molecular formula is C19H20N4O. The number of aromatic nitrogens is 3. The Hall–Kier alpha value is -2.82. The molecule has 0 spiro atoms. The van der Waals surface area contributed by atoms with Gasteiger partial charge in [0.2, 0.25) is 5.95 Å². The summed E-state index contributed by atoms with van der Waals surface area (Å²) >= 11 is 0. The van der Waals surface area contributed by atoms with Crippen molar-refractivity contribution < 1.29 is 4.74 Å². The Kier molecular flexibility index (Phi) is 3.69. The summed E-state index contributed by atoms with van der Waals surface area (Å²) in [6.07, 6.45) is 2.54. The third kappa shape index (κ3) is 2.62. The summed E-state index contributed by atoms with van der Waals surface area (Å²) in [5, 5.41) is 7.92. The summed E-state index contributed by atoms with van der Waals surface area (Å²) in [5.41, 5.74) is 3.75. The van der Waals surface area contributed by atoms with Crippen LogP contribution in [-0.4, -0.2) is 21.9 Å². The van der Waals surface area contributed by atoms with Crippen LogP contribution in [0.3, 0.4) is 0 Å². The van der Waals surface area contributed by atoms with E-state index in [0.717, 1.165) is 18.1 Å². The summed E-state index contributed by atoms with van der Waals surface area (Å²) < 4.78 is 7.24. The highest BCUT2D eigenvalue weighted by atomic mass is 16.5. The Morgan fingerprint density at radius 3 is 2.71 bits per heavy atom. The van der Waals surface area contributed by atoms with Gasteiger partial charge in [-0.25, -0.2) is 4.68 Å². The van der Waals surface area contributed by atoms with Crippen molar-refractivity contribution in [2.24, 2.45) is 0 Å². The highest BCUT2D eigenvalue weighted by Crippen LogP contribution is 2.37. The highest BCUT2D eigenvalue weighted by molar-refractivity contribution is 5.40. The molecule has 0 fully saturated rings. The van der Waals surface area contributed by atoms with E-state index >= 15 is 0 Å². The SMILES string of the molecule is COc1ccc([C@@H]2C[C@H](c3cccc(C)c3)n3ncnc3N2)cc1. The van der Waals surface area contributed by atoms with E-state index in [9.17, 15) is 0 Å². The lowest BCUT2D eigenvalue weighted by Gasteiger charge is -2.32. The molecule has 2 heterocycles. The average Bonchev–Trinajstić information content (AvgIpc) is 3.09. The minimum atomic E-state index is 0.177. The molecule has 2 aromatic carbocycles. The largest absolute Gasteiger partial charge is 0.497 e. The first-order valence-corrected chi connectivity index (χ1v) is 8.11. The fourth-order valence-electron chi connectivity index (χ4n) is 3.33. The molecule has 1 aliphatic rings. The van der Waals surface area contributed by atoms with Crippen molar-refractivity contribution in [3.8, 4) is 5.75 Å². The number of fused-ring (bicyclic) bond motifs is 1. The van der Waals surface area contributed by atoms with Crippen LogP contribution >= 0.6 is 0 Å². The summed E-state index contributed by atoms with van der Waals surface area (Å²) in [6.45, 7) is 2.12. The van der Waals surface area contributed by atoms with Crippen LogP contribution in [0.2, 0.25) is 0 Å². The summed E-state index contributed by atoms with van der Waals surface area (Å²) in [4.78, 5) is 4.38. The number of rotatable bonds is 3. The van der Waals surface area contributed by atoms with Crippen molar-refractivity contribution in [3.05, 3.63) is 71.5 Å². The molecule has 2 atom stereocenters. The average molecular weight is 320 g/mol. The Bertz CT molecular complexity index is 841. The Balaban J connectivity index is 1.70. The fraction of sp³-hybridized carbons (Fsp3) is 0.263. The molecule has 1 aromatic heterocycles. The van der Waals surface area contributed by atoms with Gasteiger partial charge in [-0.1, -0.05) is 42.0 Å². The molecule has 0 saturated heterocycles. The molecule has 0 aliphatic carbocycles. The van der Waals surface area contributed by atoms with Crippen LogP contribution in [0.4, 0.5) is 5.95 Å². The summed E-state index contributed by atoms with van der Waals surface area (Å²) in [7, 11) is 1.68. The molecule has 0 radical (unpaired) electrons. The van der Waals surface area contributed by atoms with Crippen molar-refractivity contribution in [1.82, 2.24) is 14.8 Å². The normalized spacial score (nSPS) is 19.4. The number of benzene rings is 2. The zero-order valence-corrected chi connectivity index (χ0v) is 13.8. The molecule has 0 bridgehead atoms. The van der Waals surface area contributed by atoms with Gasteiger partial charge >= 0.3 is 0 Å². The Morgan fingerprint density at radius 2 is 1.96 bits per heavy atom.